The molecule has 0 amide bonds. The van der Waals surface area contributed by atoms with E-state index in [9.17, 15) is 4.79 Å². The molecule has 1 rings (SSSR count). The molecule has 0 heterocycles. The van der Waals surface area contributed by atoms with Crippen LogP contribution in [-0.2, 0) is 4.79 Å². The van der Waals surface area contributed by atoms with E-state index in [4.69, 9.17) is 5.11 Å². The van der Waals surface area contributed by atoms with E-state index in [1.807, 2.05) is 6.92 Å². The minimum atomic E-state index is 0.0532. The van der Waals surface area contributed by atoms with E-state index in [1.165, 1.54) is 0 Å². The molecule has 0 aromatic rings. The Bertz CT molecular complexity index is 179. The maximum atomic E-state index is 10.8. The van der Waals surface area contributed by atoms with Crippen molar-refractivity contribution in [2.24, 2.45) is 5.92 Å². The summed E-state index contributed by atoms with van der Waals surface area (Å²) in [5, 5.41) is 9.10. The molecule has 0 aromatic carbocycles. The standard InChI is InChI=1S/C7H10O2/c1-4-3-6(8)5(2)7(4)9/h4,9H,3H2,1-2H3. The zero-order valence-corrected chi connectivity index (χ0v) is 5.64. The molecule has 0 saturated heterocycles. The van der Waals surface area contributed by atoms with Gasteiger partial charge in [-0.25, -0.2) is 0 Å². The van der Waals surface area contributed by atoms with E-state index in [0.717, 1.165) is 0 Å². The van der Waals surface area contributed by atoms with Gasteiger partial charge in [0, 0.05) is 17.9 Å². The van der Waals surface area contributed by atoms with Gasteiger partial charge in [-0.1, -0.05) is 6.92 Å². The summed E-state index contributed by atoms with van der Waals surface area (Å²) >= 11 is 0. The topological polar surface area (TPSA) is 37.3 Å². The summed E-state index contributed by atoms with van der Waals surface area (Å²) < 4.78 is 0. The number of carbonyl (C=O) groups excluding carboxylic acids is 1. The van der Waals surface area contributed by atoms with Crippen LogP contribution in [0.1, 0.15) is 20.3 Å². The zero-order valence-electron chi connectivity index (χ0n) is 5.64. The van der Waals surface area contributed by atoms with Crippen molar-refractivity contribution >= 4 is 5.78 Å². The summed E-state index contributed by atoms with van der Waals surface area (Å²) in [6.45, 7) is 3.52. The van der Waals surface area contributed by atoms with Crippen molar-refractivity contribution in [1.82, 2.24) is 0 Å². The molecule has 9 heavy (non-hydrogen) atoms. The number of aliphatic hydroxyl groups excluding tert-OH is 1. The third-order valence-electron chi connectivity index (χ3n) is 1.76. The van der Waals surface area contributed by atoms with Crippen LogP contribution >= 0.6 is 0 Å². The molecule has 0 aliphatic heterocycles. The fraction of sp³-hybridized carbons (Fsp3) is 0.571. The number of Topliss-reactive ketones (excluding diaryl/α,β-unsaturated/α-hetero) is 1. The Kier molecular flexibility index (Phi) is 1.31. The molecule has 1 aliphatic rings. The molecule has 2 nitrogen and oxygen atoms in total. The third kappa shape index (κ3) is 0.846. The fourth-order valence-corrected chi connectivity index (χ4v) is 1.04. The fourth-order valence-electron chi connectivity index (χ4n) is 1.04. The average Bonchev–Trinajstić information content (AvgIpc) is 1.98. The highest BCUT2D eigenvalue weighted by Gasteiger charge is 2.25. The Balaban J connectivity index is 2.92. The lowest BCUT2D eigenvalue weighted by molar-refractivity contribution is -0.115. The predicted octanol–water partition coefficient (Wildman–Crippen LogP) is 1.43. The largest absolute Gasteiger partial charge is 0.512 e. The molecule has 1 N–H and O–H groups in total. The molecule has 0 radical (unpaired) electrons. The summed E-state index contributed by atoms with van der Waals surface area (Å²) in [7, 11) is 0. The van der Waals surface area contributed by atoms with E-state index in [0.29, 0.717) is 12.0 Å². The SMILES string of the molecule is CC1=C(O)C(C)CC1=O. The van der Waals surface area contributed by atoms with Crippen LogP contribution in [0.15, 0.2) is 11.3 Å². The van der Waals surface area contributed by atoms with Crippen molar-refractivity contribution in [3.05, 3.63) is 11.3 Å². The second-order valence-corrected chi connectivity index (χ2v) is 2.54. The third-order valence-corrected chi connectivity index (χ3v) is 1.76. The summed E-state index contributed by atoms with van der Waals surface area (Å²) in [6.07, 6.45) is 0.484. The molecule has 0 fully saturated rings. The van der Waals surface area contributed by atoms with Gasteiger partial charge in [-0.2, -0.15) is 0 Å². The molecule has 1 unspecified atom stereocenters. The lowest BCUT2D eigenvalue weighted by atomic mass is 10.1. The van der Waals surface area contributed by atoms with Crippen LogP contribution in [0.2, 0.25) is 0 Å². The van der Waals surface area contributed by atoms with Gasteiger partial charge in [-0.05, 0) is 6.92 Å². The number of rotatable bonds is 0. The maximum absolute atomic E-state index is 10.8. The molecule has 0 spiro atoms. The van der Waals surface area contributed by atoms with Crippen LogP contribution in [0.5, 0.6) is 0 Å². The molecule has 0 saturated carbocycles. The van der Waals surface area contributed by atoms with E-state index in [2.05, 4.69) is 0 Å². The lowest BCUT2D eigenvalue weighted by Gasteiger charge is -1.97. The Morgan fingerprint density at radius 1 is 1.67 bits per heavy atom. The van der Waals surface area contributed by atoms with E-state index in [-0.39, 0.29) is 17.5 Å². The van der Waals surface area contributed by atoms with Crippen molar-refractivity contribution in [3.8, 4) is 0 Å². The van der Waals surface area contributed by atoms with Gasteiger partial charge in [0.1, 0.15) is 5.76 Å². The molecule has 2 heteroatoms. The molecule has 0 bridgehead atoms. The Hall–Kier alpha value is -0.790. The number of hydrogen-bond acceptors (Lipinski definition) is 2. The minimum Gasteiger partial charge on any atom is -0.512 e. The van der Waals surface area contributed by atoms with Crippen LogP contribution in [0.3, 0.4) is 0 Å². The van der Waals surface area contributed by atoms with Gasteiger partial charge in [0.15, 0.2) is 5.78 Å². The molecular formula is C7H10O2. The monoisotopic (exact) mass is 126 g/mol. The highest BCUT2D eigenvalue weighted by Crippen LogP contribution is 2.25. The quantitative estimate of drug-likeness (QED) is 0.533. The first-order valence-electron chi connectivity index (χ1n) is 3.06. The van der Waals surface area contributed by atoms with Crippen LogP contribution in [0.25, 0.3) is 0 Å². The molecule has 1 atom stereocenters. The number of hydrogen-bond donors (Lipinski definition) is 1. The average molecular weight is 126 g/mol. The van der Waals surface area contributed by atoms with E-state index < -0.39 is 0 Å². The first kappa shape index (κ1) is 6.33. The van der Waals surface area contributed by atoms with Gasteiger partial charge < -0.3 is 5.11 Å². The number of carbonyl (C=O) groups is 1. The number of allylic oxidation sites excluding steroid dienone is 2. The van der Waals surface area contributed by atoms with Gasteiger partial charge >= 0.3 is 0 Å². The molecule has 0 aromatic heterocycles. The first-order valence-corrected chi connectivity index (χ1v) is 3.06. The van der Waals surface area contributed by atoms with Gasteiger partial charge in [0.25, 0.3) is 0 Å². The minimum absolute atomic E-state index is 0.0532. The van der Waals surface area contributed by atoms with Gasteiger partial charge in [-0.3, -0.25) is 4.79 Å². The van der Waals surface area contributed by atoms with Gasteiger partial charge in [0.05, 0.1) is 0 Å². The Labute approximate surface area is 54.2 Å². The molecule has 50 valence electrons. The van der Waals surface area contributed by atoms with Crippen molar-refractivity contribution in [3.63, 3.8) is 0 Å². The van der Waals surface area contributed by atoms with Gasteiger partial charge in [-0.15, -0.1) is 0 Å². The number of ketones is 1. The first-order chi connectivity index (χ1) is 4.13. The second-order valence-electron chi connectivity index (χ2n) is 2.54. The summed E-state index contributed by atoms with van der Waals surface area (Å²) in [5.41, 5.74) is 0.544. The Morgan fingerprint density at radius 3 is 2.33 bits per heavy atom. The summed E-state index contributed by atoms with van der Waals surface area (Å²) in [6, 6.07) is 0. The molecular weight excluding hydrogens is 116 g/mol. The predicted molar refractivity (Wildman–Crippen MR) is 34.1 cm³/mol. The summed E-state index contributed by atoms with van der Waals surface area (Å²) in [5.74, 6) is 0.414. The lowest BCUT2D eigenvalue weighted by Crippen LogP contribution is -1.93. The van der Waals surface area contributed by atoms with Crippen LogP contribution in [0, 0.1) is 5.92 Å². The maximum Gasteiger partial charge on any atom is 0.162 e. The van der Waals surface area contributed by atoms with Crippen molar-refractivity contribution < 1.29 is 9.90 Å². The van der Waals surface area contributed by atoms with Crippen molar-refractivity contribution in [1.29, 1.82) is 0 Å². The van der Waals surface area contributed by atoms with Crippen molar-refractivity contribution in [2.75, 3.05) is 0 Å². The van der Waals surface area contributed by atoms with E-state index >= 15 is 0 Å². The Morgan fingerprint density at radius 2 is 2.22 bits per heavy atom. The summed E-state index contributed by atoms with van der Waals surface area (Å²) in [4.78, 5) is 10.8. The molecule has 1 aliphatic carbocycles. The normalized spacial score (nSPS) is 27.8. The van der Waals surface area contributed by atoms with Crippen molar-refractivity contribution in [2.45, 2.75) is 20.3 Å². The highest BCUT2D eigenvalue weighted by molar-refractivity contribution is 5.97. The smallest absolute Gasteiger partial charge is 0.162 e. The van der Waals surface area contributed by atoms with Gasteiger partial charge in [0.2, 0.25) is 0 Å². The number of aliphatic hydroxyl groups is 1. The van der Waals surface area contributed by atoms with E-state index in [1.54, 1.807) is 6.92 Å². The van der Waals surface area contributed by atoms with Crippen LogP contribution in [-0.4, -0.2) is 10.9 Å². The zero-order chi connectivity index (χ0) is 7.02. The highest BCUT2D eigenvalue weighted by atomic mass is 16.3. The second kappa shape index (κ2) is 1.87. The van der Waals surface area contributed by atoms with Crippen LogP contribution < -0.4 is 0 Å². The van der Waals surface area contributed by atoms with Crippen LogP contribution in [0.4, 0.5) is 0 Å².